The van der Waals surface area contributed by atoms with Gasteiger partial charge in [-0.1, -0.05) is 202 Å². The Morgan fingerprint density at radius 1 is 0.459 bits per heavy atom. The monoisotopic (exact) mass is 1440 g/mol. The summed E-state index contributed by atoms with van der Waals surface area (Å²) in [5, 5.41) is 19.4. The third-order valence-electron chi connectivity index (χ3n) is 24.2. The van der Waals surface area contributed by atoms with Gasteiger partial charge in [0.25, 0.3) is 0 Å². The minimum atomic E-state index is -4.64. The van der Waals surface area contributed by atoms with Crippen LogP contribution in [0.15, 0.2) is 155 Å². The molecule has 98 heavy (non-hydrogen) atoms. The zero-order valence-corrected chi connectivity index (χ0v) is 60.9. The molecule has 0 unspecified atom stereocenters. The third-order valence-corrected chi connectivity index (χ3v) is 25.0. The highest BCUT2D eigenvalue weighted by atomic mass is 127. The van der Waals surface area contributed by atoms with Crippen molar-refractivity contribution in [2.45, 2.75) is 155 Å². The van der Waals surface area contributed by atoms with Gasteiger partial charge in [0.2, 0.25) is 0 Å². The van der Waals surface area contributed by atoms with Gasteiger partial charge < -0.3 is 0 Å². The first-order valence-corrected chi connectivity index (χ1v) is 35.7. The summed E-state index contributed by atoms with van der Waals surface area (Å²) >= 11 is 2.20. The second-order valence-corrected chi connectivity index (χ2v) is 30.8. The summed E-state index contributed by atoms with van der Waals surface area (Å²) in [5.41, 5.74) is 16.5. The molecule has 16 rings (SSSR count). The lowest BCUT2D eigenvalue weighted by molar-refractivity contribution is -0.136. The van der Waals surface area contributed by atoms with E-state index in [9.17, 15) is 32.3 Å². The van der Waals surface area contributed by atoms with E-state index in [2.05, 4.69) is 172 Å². The van der Waals surface area contributed by atoms with Crippen LogP contribution in [0.2, 0.25) is 0 Å². The Morgan fingerprint density at radius 2 is 0.796 bits per heavy atom. The molecule has 1 saturated carbocycles. The highest BCUT2D eigenvalue weighted by Gasteiger charge is 2.56. The number of hydrogen-bond donors (Lipinski definition) is 0. The SMILES string of the molecule is C[C@@H]1C(=O)C(C(F)(F)F)=C[C@]2(C)c3nn(C)c(-c4ccccc4)c3CC[C@@H]12.C[C@@H]1C(=O)C(I)=C[C@]2(C)c3nn(C)c(-c4ccccc4)c3CC[C@@H]12.C[C@@H]1C(=O)C=C[C@]2(C)c3nn(C)c(-c4ccccc4)c3CC[C@@H]12.C[C@@H]1C(=O)CC[C@]2(C)c3nn(C)c(-c4ccccc4)c3CC[C@@H]12.[3H]C. The number of ketones is 4. The Morgan fingerprint density at radius 3 is 1.19 bits per heavy atom. The molecular formula is C82H92F3IN8O4. The normalized spacial score (nSPS) is 28.7. The van der Waals surface area contributed by atoms with Crippen molar-refractivity contribution in [2.75, 3.05) is 0 Å². The number of carbonyl (C=O) groups excluding carboxylic acids is 4. The van der Waals surface area contributed by atoms with Crippen LogP contribution < -0.4 is 0 Å². The first-order valence-electron chi connectivity index (χ1n) is 35.6. The van der Waals surface area contributed by atoms with Crippen LogP contribution in [-0.4, -0.2) is 68.4 Å². The Kier molecular flexibility index (Phi) is 18.5. The van der Waals surface area contributed by atoms with Crippen molar-refractivity contribution < 1.29 is 33.7 Å². The van der Waals surface area contributed by atoms with Crippen molar-refractivity contribution in [2.24, 2.45) is 75.5 Å². The van der Waals surface area contributed by atoms with Crippen molar-refractivity contribution in [3.8, 4) is 45.0 Å². The number of nitrogens with zero attached hydrogens (tertiary/aromatic N) is 8. The van der Waals surface area contributed by atoms with Gasteiger partial charge in [-0.3, -0.25) is 37.9 Å². The van der Waals surface area contributed by atoms with Gasteiger partial charge in [0.05, 0.1) is 54.7 Å². The van der Waals surface area contributed by atoms with Gasteiger partial charge in [0.1, 0.15) is 5.78 Å². The van der Waals surface area contributed by atoms with Gasteiger partial charge in [0.15, 0.2) is 17.3 Å². The van der Waals surface area contributed by atoms with E-state index in [0.29, 0.717) is 54.3 Å². The Balaban J connectivity index is 0.000000124. The summed E-state index contributed by atoms with van der Waals surface area (Å²) in [6.07, 6.45) is 11.8. The smallest absolute Gasteiger partial charge is 0.299 e. The third kappa shape index (κ3) is 11.6. The van der Waals surface area contributed by atoms with Crippen LogP contribution in [-0.2, 0) is 94.7 Å². The minimum absolute atomic E-state index is 0.0473. The molecule has 8 aromatic rings. The minimum Gasteiger partial charge on any atom is -0.299 e. The predicted octanol–water partition coefficient (Wildman–Crippen LogP) is 17.3. The van der Waals surface area contributed by atoms with E-state index < -0.39 is 28.9 Å². The fraction of sp³-hybridized carbons (Fsp3) is 0.439. The van der Waals surface area contributed by atoms with E-state index in [1.165, 1.54) is 63.6 Å². The lowest BCUT2D eigenvalue weighted by Crippen LogP contribution is -2.47. The van der Waals surface area contributed by atoms with E-state index >= 15 is 0 Å². The molecule has 0 radical (unpaired) electrons. The topological polar surface area (TPSA) is 140 Å². The molecule has 4 heterocycles. The number of carbonyl (C=O) groups is 4. The zero-order chi connectivity index (χ0) is 71.0. The molecule has 0 saturated heterocycles. The number of aromatic nitrogens is 8. The van der Waals surface area contributed by atoms with Crippen LogP contribution in [0.25, 0.3) is 45.0 Å². The summed E-state index contributed by atoms with van der Waals surface area (Å²) in [6.45, 7) is 16.5. The molecule has 16 heteroatoms. The van der Waals surface area contributed by atoms with E-state index in [-0.39, 0.29) is 45.7 Å². The number of alkyl halides is 3. The summed E-state index contributed by atoms with van der Waals surface area (Å²) in [7, 11) is 9.19. The fourth-order valence-corrected chi connectivity index (χ4v) is 20.2. The van der Waals surface area contributed by atoms with Crippen molar-refractivity contribution in [3.63, 3.8) is 0 Å². The summed E-state index contributed by atoms with van der Waals surface area (Å²) in [4.78, 5) is 49.0. The predicted molar refractivity (Wildman–Crippen MR) is 389 cm³/mol. The first kappa shape index (κ1) is 68.7. The number of benzene rings is 4. The molecule has 0 bridgehead atoms. The van der Waals surface area contributed by atoms with Crippen LogP contribution in [0.3, 0.4) is 0 Å². The van der Waals surface area contributed by atoms with Gasteiger partial charge in [-0.15, -0.1) is 0 Å². The van der Waals surface area contributed by atoms with Gasteiger partial charge in [-0.25, -0.2) is 0 Å². The van der Waals surface area contributed by atoms with Crippen LogP contribution in [0.5, 0.6) is 0 Å². The molecular weight excluding hydrogens is 1340 g/mol. The standard InChI is InChI=1S/C21H21F3N2O.C20H21IN2O.C20H24N2O.C20H22N2O.CH4/c1-12-15-10-9-14-17(13-7-5-4-6-8-13)26(3)25-19(14)20(15,2)11-16(18(12)27)21(22,23)24;1-12-15-10-9-14-17(13-7-5-4-6-8-13)23(3)22-19(14)20(15,2)11-16(21)18(12)24;2*1-13-16-10-9-15-18(14-7-5-4-6-8-14)22(3)21-19(15)20(16,2)12-11-17(13)23;/h4-8,11-12,15H,9-10H2,1-3H3;4-8,11-12,15H,9-10H2,1-3H3;4-8,13,16H,9-12H2,1-3H3;4-8,11-13,16H,9-10H2,1-3H3;1H4/t2*12-,15-,20-;2*13-,16-,20-;/m0000./s1/i;;;;1T. The summed E-state index contributed by atoms with van der Waals surface area (Å²) in [6, 6.07) is 41.3. The van der Waals surface area contributed by atoms with Gasteiger partial charge in [0, 0.05) is 126 Å². The molecule has 4 aromatic heterocycles. The molecule has 12 nitrogen and oxygen atoms in total. The van der Waals surface area contributed by atoms with Crippen molar-refractivity contribution >= 4 is 45.7 Å². The van der Waals surface area contributed by atoms with Crippen molar-refractivity contribution in [3.05, 3.63) is 200 Å². The molecule has 0 spiro atoms. The quantitative estimate of drug-likeness (QED) is 0.159. The molecule has 4 aromatic carbocycles. The molecule has 1 fully saturated rings. The zero-order valence-electron chi connectivity index (χ0n) is 59.8. The number of Topliss-reactive ketones (excluding diaryl/α,β-unsaturated/α-hetero) is 3. The Bertz CT molecular complexity index is 4510. The molecule has 8 aliphatic rings. The number of rotatable bonds is 4. The second kappa shape index (κ2) is 26.3. The average molecular weight is 1440 g/mol. The molecule has 0 aliphatic heterocycles. The number of aryl methyl sites for hydroxylation is 4. The lowest BCUT2D eigenvalue weighted by Gasteiger charge is -2.46. The van der Waals surface area contributed by atoms with Crippen LogP contribution >= 0.6 is 22.6 Å². The summed E-state index contributed by atoms with van der Waals surface area (Å²) in [5.74, 6) is 0.801. The number of fused-ring (bicyclic) bond motifs is 12. The molecule has 0 amide bonds. The van der Waals surface area contributed by atoms with E-state index in [1.54, 1.807) is 24.6 Å². The second-order valence-electron chi connectivity index (χ2n) is 29.6. The number of allylic oxidation sites excluding steroid dienone is 6. The van der Waals surface area contributed by atoms with Gasteiger partial charge in [-0.2, -0.15) is 33.6 Å². The summed E-state index contributed by atoms with van der Waals surface area (Å²) < 4.78 is 55.0. The average Bonchev–Trinajstić information content (AvgIpc) is 1.69. The van der Waals surface area contributed by atoms with Crippen molar-refractivity contribution in [1.82, 2.24) is 39.1 Å². The molecule has 512 valence electrons. The maximum Gasteiger partial charge on any atom is 0.419 e. The van der Waals surface area contributed by atoms with Crippen LogP contribution in [0.4, 0.5) is 13.2 Å². The first-order chi connectivity index (χ1) is 47.1. The highest BCUT2D eigenvalue weighted by molar-refractivity contribution is 14.1. The molecule has 8 aliphatic carbocycles. The number of hydrogen-bond acceptors (Lipinski definition) is 8. The van der Waals surface area contributed by atoms with Gasteiger partial charge >= 0.3 is 6.18 Å². The maximum atomic E-state index is 13.5. The maximum absolute atomic E-state index is 13.5. The van der Waals surface area contributed by atoms with Crippen LogP contribution in [0, 0.1) is 47.3 Å². The van der Waals surface area contributed by atoms with Crippen molar-refractivity contribution in [1.29, 1.82) is 0 Å². The van der Waals surface area contributed by atoms with E-state index in [4.69, 9.17) is 16.7 Å². The largest absolute Gasteiger partial charge is 0.419 e. The number of halogens is 4. The van der Waals surface area contributed by atoms with E-state index in [1.807, 2.05) is 73.0 Å². The Labute approximate surface area is 590 Å². The van der Waals surface area contributed by atoms with Gasteiger partial charge in [-0.05, 0) is 110 Å². The van der Waals surface area contributed by atoms with E-state index in [0.717, 1.165) is 82.8 Å². The lowest BCUT2D eigenvalue weighted by atomic mass is 9.56. The highest BCUT2D eigenvalue weighted by Crippen LogP contribution is 2.56. The fourth-order valence-electron chi connectivity index (χ4n) is 19.1. The van der Waals surface area contributed by atoms with Crippen LogP contribution in [0.1, 0.15) is 148 Å². The Hall–Kier alpha value is -7.86. The molecule has 12 atom stereocenters. The molecule has 0 N–H and O–H groups in total.